The van der Waals surface area contributed by atoms with E-state index in [2.05, 4.69) is 36.2 Å². The predicted molar refractivity (Wildman–Crippen MR) is 76.1 cm³/mol. The lowest BCUT2D eigenvalue weighted by Crippen LogP contribution is -2.27. The van der Waals surface area contributed by atoms with Crippen LogP contribution in [0.2, 0.25) is 0 Å². The molecule has 108 valence electrons. The zero-order valence-electron chi connectivity index (χ0n) is 12.5. The van der Waals surface area contributed by atoms with Gasteiger partial charge in [0.15, 0.2) is 5.82 Å². The van der Waals surface area contributed by atoms with Gasteiger partial charge >= 0.3 is 0 Å². The Hall–Kier alpha value is -0.900. The van der Waals surface area contributed by atoms with Gasteiger partial charge in [0.2, 0.25) is 5.89 Å². The van der Waals surface area contributed by atoms with Gasteiger partial charge in [0.05, 0.1) is 0 Å². The largest absolute Gasteiger partial charge is 0.339 e. The Morgan fingerprint density at radius 2 is 2.26 bits per heavy atom. The first-order chi connectivity index (χ1) is 9.19. The summed E-state index contributed by atoms with van der Waals surface area (Å²) < 4.78 is 5.38. The van der Waals surface area contributed by atoms with Crippen molar-refractivity contribution in [3.63, 3.8) is 0 Å². The maximum absolute atomic E-state index is 5.38. The molecule has 3 atom stereocenters. The summed E-state index contributed by atoms with van der Waals surface area (Å²) >= 11 is 0. The van der Waals surface area contributed by atoms with Gasteiger partial charge in [0, 0.05) is 18.4 Å². The lowest BCUT2D eigenvalue weighted by molar-refractivity contribution is 0.359. The van der Waals surface area contributed by atoms with Crippen LogP contribution in [0.1, 0.15) is 70.5 Å². The van der Waals surface area contributed by atoms with Crippen LogP contribution >= 0.6 is 0 Å². The fourth-order valence-corrected chi connectivity index (χ4v) is 2.81. The number of rotatable bonds is 7. The molecule has 0 bridgehead atoms. The van der Waals surface area contributed by atoms with Gasteiger partial charge in [0.1, 0.15) is 0 Å². The first kappa shape index (κ1) is 14.5. The summed E-state index contributed by atoms with van der Waals surface area (Å²) in [5, 5.41) is 7.65. The number of nitrogens with zero attached hydrogens (tertiary/aromatic N) is 2. The number of aromatic nitrogens is 2. The minimum Gasteiger partial charge on any atom is -0.339 e. The molecule has 4 heteroatoms. The van der Waals surface area contributed by atoms with E-state index in [1.165, 1.54) is 25.7 Å². The van der Waals surface area contributed by atoms with Gasteiger partial charge in [0.25, 0.3) is 0 Å². The second-order valence-corrected chi connectivity index (χ2v) is 6.06. The van der Waals surface area contributed by atoms with Crippen LogP contribution in [0.3, 0.4) is 0 Å². The molecule has 1 saturated carbocycles. The van der Waals surface area contributed by atoms with Gasteiger partial charge in [-0.15, -0.1) is 0 Å². The van der Waals surface area contributed by atoms with Crippen LogP contribution in [0, 0.1) is 5.92 Å². The molecular formula is C15H27N3O. The summed E-state index contributed by atoms with van der Waals surface area (Å²) in [6.45, 7) is 7.79. The van der Waals surface area contributed by atoms with Crippen LogP contribution in [0.5, 0.6) is 0 Å². The molecule has 1 N–H and O–H groups in total. The van der Waals surface area contributed by atoms with E-state index in [1.807, 2.05) is 0 Å². The molecule has 0 spiro atoms. The number of nitrogens with one attached hydrogen (secondary N) is 1. The molecule has 1 fully saturated rings. The molecule has 1 heterocycles. The molecule has 1 aliphatic rings. The molecule has 4 nitrogen and oxygen atoms in total. The molecule has 0 saturated heterocycles. The molecule has 3 unspecified atom stereocenters. The molecule has 2 rings (SSSR count). The van der Waals surface area contributed by atoms with E-state index in [-0.39, 0.29) is 0 Å². The number of aryl methyl sites for hydroxylation is 1. The van der Waals surface area contributed by atoms with E-state index in [0.29, 0.717) is 12.0 Å². The summed E-state index contributed by atoms with van der Waals surface area (Å²) in [7, 11) is 0. The molecule has 1 aromatic heterocycles. The first-order valence-corrected chi connectivity index (χ1v) is 7.75. The van der Waals surface area contributed by atoms with Crippen molar-refractivity contribution >= 4 is 0 Å². The van der Waals surface area contributed by atoms with Crippen molar-refractivity contribution in [3.05, 3.63) is 11.7 Å². The van der Waals surface area contributed by atoms with Gasteiger partial charge in [-0.2, -0.15) is 4.98 Å². The molecule has 19 heavy (non-hydrogen) atoms. The van der Waals surface area contributed by atoms with Crippen molar-refractivity contribution in [1.82, 2.24) is 15.5 Å². The SMILES string of the molecule is CCCNC(C)CCc1nc(C2CCC(C)C2)no1. The van der Waals surface area contributed by atoms with Crippen LogP contribution in [0.15, 0.2) is 4.52 Å². The minimum absolute atomic E-state index is 0.516. The van der Waals surface area contributed by atoms with Crippen molar-refractivity contribution in [2.75, 3.05) is 6.54 Å². The van der Waals surface area contributed by atoms with Gasteiger partial charge in [-0.25, -0.2) is 0 Å². The summed E-state index contributed by atoms with van der Waals surface area (Å²) in [4.78, 5) is 4.57. The predicted octanol–water partition coefficient (Wildman–Crippen LogP) is 3.29. The van der Waals surface area contributed by atoms with Crippen molar-refractivity contribution in [2.45, 2.75) is 71.3 Å². The maximum Gasteiger partial charge on any atom is 0.226 e. The number of hydrogen-bond donors (Lipinski definition) is 1. The first-order valence-electron chi connectivity index (χ1n) is 7.75. The minimum atomic E-state index is 0.516. The van der Waals surface area contributed by atoms with Crippen LogP contribution < -0.4 is 5.32 Å². The topological polar surface area (TPSA) is 51.0 Å². The van der Waals surface area contributed by atoms with Crippen LogP contribution in [0.4, 0.5) is 0 Å². The lowest BCUT2D eigenvalue weighted by Gasteiger charge is -2.10. The van der Waals surface area contributed by atoms with E-state index < -0.39 is 0 Å². The van der Waals surface area contributed by atoms with Gasteiger partial charge < -0.3 is 9.84 Å². The third-order valence-electron chi connectivity index (χ3n) is 4.08. The van der Waals surface area contributed by atoms with Crippen molar-refractivity contribution < 1.29 is 4.52 Å². The van der Waals surface area contributed by atoms with Gasteiger partial charge in [-0.05, 0) is 51.5 Å². The Morgan fingerprint density at radius 3 is 2.95 bits per heavy atom. The summed E-state index contributed by atoms with van der Waals surface area (Å²) in [6.07, 6.45) is 6.85. The Morgan fingerprint density at radius 1 is 1.42 bits per heavy atom. The molecule has 0 amide bonds. The third-order valence-corrected chi connectivity index (χ3v) is 4.08. The fourth-order valence-electron chi connectivity index (χ4n) is 2.81. The summed E-state index contributed by atoms with van der Waals surface area (Å²) in [5.74, 6) is 3.08. The smallest absolute Gasteiger partial charge is 0.226 e. The van der Waals surface area contributed by atoms with Crippen molar-refractivity contribution in [2.24, 2.45) is 5.92 Å². The Balaban J connectivity index is 1.77. The van der Waals surface area contributed by atoms with Crippen LogP contribution in [0.25, 0.3) is 0 Å². The number of hydrogen-bond acceptors (Lipinski definition) is 4. The Labute approximate surface area is 116 Å². The normalized spacial score (nSPS) is 24.8. The second-order valence-electron chi connectivity index (χ2n) is 6.06. The lowest BCUT2D eigenvalue weighted by atomic mass is 10.1. The average Bonchev–Trinajstić information content (AvgIpc) is 3.02. The molecule has 0 aromatic carbocycles. The Kier molecular flexibility index (Phi) is 5.37. The van der Waals surface area contributed by atoms with Crippen LogP contribution in [-0.2, 0) is 6.42 Å². The van der Waals surface area contributed by atoms with E-state index in [1.54, 1.807) is 0 Å². The van der Waals surface area contributed by atoms with Crippen LogP contribution in [-0.4, -0.2) is 22.7 Å². The quantitative estimate of drug-likeness (QED) is 0.822. The molecule has 1 aliphatic carbocycles. The zero-order chi connectivity index (χ0) is 13.7. The summed E-state index contributed by atoms with van der Waals surface area (Å²) in [6, 6.07) is 0.516. The Bertz CT molecular complexity index is 377. The highest BCUT2D eigenvalue weighted by Gasteiger charge is 2.26. The highest BCUT2D eigenvalue weighted by molar-refractivity contribution is 4.99. The second kappa shape index (κ2) is 7.04. The van der Waals surface area contributed by atoms with Gasteiger partial charge in [-0.3, -0.25) is 0 Å². The van der Waals surface area contributed by atoms with Crippen molar-refractivity contribution in [3.8, 4) is 0 Å². The zero-order valence-corrected chi connectivity index (χ0v) is 12.5. The monoisotopic (exact) mass is 265 g/mol. The average molecular weight is 265 g/mol. The highest BCUT2D eigenvalue weighted by atomic mass is 16.5. The fraction of sp³-hybridized carbons (Fsp3) is 0.867. The molecule has 1 aromatic rings. The standard InChI is InChI=1S/C15H27N3O/c1-4-9-16-12(3)6-8-14-17-15(18-19-14)13-7-5-11(2)10-13/h11-13,16H,4-10H2,1-3H3. The van der Waals surface area contributed by atoms with E-state index in [9.17, 15) is 0 Å². The van der Waals surface area contributed by atoms with E-state index >= 15 is 0 Å². The van der Waals surface area contributed by atoms with Gasteiger partial charge in [-0.1, -0.05) is 19.0 Å². The summed E-state index contributed by atoms with van der Waals surface area (Å²) in [5.41, 5.74) is 0. The third kappa shape index (κ3) is 4.30. The van der Waals surface area contributed by atoms with E-state index in [0.717, 1.165) is 37.0 Å². The highest BCUT2D eigenvalue weighted by Crippen LogP contribution is 2.36. The molecule has 0 radical (unpaired) electrons. The molecule has 0 aliphatic heterocycles. The van der Waals surface area contributed by atoms with E-state index in [4.69, 9.17) is 4.52 Å². The maximum atomic E-state index is 5.38. The molecular weight excluding hydrogens is 238 g/mol. The van der Waals surface area contributed by atoms with Crippen molar-refractivity contribution in [1.29, 1.82) is 0 Å².